The van der Waals surface area contributed by atoms with E-state index >= 15 is 0 Å². The Hall–Kier alpha value is -2.54. The van der Waals surface area contributed by atoms with Gasteiger partial charge in [-0.15, -0.1) is 10.2 Å². The number of primary amides is 1. The van der Waals surface area contributed by atoms with Crippen LogP contribution in [0.2, 0.25) is 0 Å². The van der Waals surface area contributed by atoms with Crippen molar-refractivity contribution in [1.82, 2.24) is 14.8 Å². The maximum Gasteiger partial charge on any atom is 0.230 e. The first-order valence-corrected chi connectivity index (χ1v) is 8.46. The molecule has 1 aromatic carbocycles. The molecule has 0 radical (unpaired) electrons. The van der Waals surface area contributed by atoms with Gasteiger partial charge in [0.25, 0.3) is 0 Å². The Bertz CT molecular complexity index is 799. The number of carbonyl (C=O) groups is 1. The van der Waals surface area contributed by atoms with Gasteiger partial charge in [0.05, 0.1) is 18.1 Å². The van der Waals surface area contributed by atoms with Gasteiger partial charge < -0.3 is 10.2 Å². The molecule has 0 saturated carbocycles. The third-order valence-corrected chi connectivity index (χ3v) is 4.67. The molecule has 2 N–H and O–H groups in total. The summed E-state index contributed by atoms with van der Waals surface area (Å²) in [5, 5.41) is 8.82. The Morgan fingerprint density at radius 2 is 2.04 bits per heavy atom. The van der Waals surface area contributed by atoms with E-state index in [0.29, 0.717) is 18.1 Å². The van der Waals surface area contributed by atoms with Gasteiger partial charge in [0.1, 0.15) is 11.6 Å². The summed E-state index contributed by atoms with van der Waals surface area (Å²) in [6, 6.07) is 13.8. The number of furan rings is 1. The number of benzene rings is 1. The van der Waals surface area contributed by atoms with Crippen LogP contribution in [0.1, 0.15) is 24.1 Å². The third kappa shape index (κ3) is 3.86. The van der Waals surface area contributed by atoms with E-state index in [1.807, 2.05) is 47.0 Å². The van der Waals surface area contributed by atoms with Gasteiger partial charge >= 0.3 is 0 Å². The van der Waals surface area contributed by atoms with E-state index in [0.717, 1.165) is 17.1 Å². The highest BCUT2D eigenvalue weighted by molar-refractivity contribution is 8.00. The van der Waals surface area contributed by atoms with Gasteiger partial charge in [-0.25, -0.2) is 0 Å². The van der Waals surface area contributed by atoms with Crippen molar-refractivity contribution in [3.05, 3.63) is 65.9 Å². The molecule has 124 valence electrons. The molecule has 2 heterocycles. The highest BCUT2D eigenvalue weighted by Gasteiger charge is 2.19. The minimum Gasteiger partial charge on any atom is -0.467 e. The standard InChI is InChI=1S/C17H18N4O2S/c1-12(16(18)22)24-17-20-19-15(10-13-6-3-2-4-7-13)21(17)11-14-8-5-9-23-14/h2-9,12H,10-11H2,1H3,(H2,18,22). The lowest BCUT2D eigenvalue weighted by Crippen LogP contribution is -2.23. The summed E-state index contributed by atoms with van der Waals surface area (Å²) in [6.45, 7) is 2.27. The number of nitrogens with two attached hydrogens (primary N) is 1. The summed E-state index contributed by atoms with van der Waals surface area (Å²) in [5.41, 5.74) is 6.51. The van der Waals surface area contributed by atoms with Gasteiger partial charge in [-0.1, -0.05) is 42.1 Å². The first-order valence-electron chi connectivity index (χ1n) is 7.58. The molecule has 1 atom stereocenters. The van der Waals surface area contributed by atoms with Crippen LogP contribution in [0.5, 0.6) is 0 Å². The lowest BCUT2D eigenvalue weighted by atomic mass is 10.1. The summed E-state index contributed by atoms with van der Waals surface area (Å²) in [7, 11) is 0. The largest absolute Gasteiger partial charge is 0.467 e. The third-order valence-electron chi connectivity index (χ3n) is 3.58. The zero-order valence-corrected chi connectivity index (χ0v) is 14.1. The van der Waals surface area contributed by atoms with Crippen LogP contribution in [0.3, 0.4) is 0 Å². The molecule has 0 aliphatic rings. The number of hydrogen-bond donors (Lipinski definition) is 1. The molecule has 0 aliphatic heterocycles. The molecule has 0 aliphatic carbocycles. The fourth-order valence-electron chi connectivity index (χ4n) is 2.25. The van der Waals surface area contributed by atoms with Crippen LogP contribution >= 0.6 is 11.8 Å². The summed E-state index contributed by atoms with van der Waals surface area (Å²) in [4.78, 5) is 11.4. The summed E-state index contributed by atoms with van der Waals surface area (Å²) < 4.78 is 7.41. The van der Waals surface area contributed by atoms with Crippen molar-refractivity contribution in [3.8, 4) is 0 Å². The minimum atomic E-state index is -0.380. The molecule has 1 unspecified atom stereocenters. The summed E-state index contributed by atoms with van der Waals surface area (Å²) in [5.74, 6) is 1.24. The fourth-order valence-corrected chi connectivity index (χ4v) is 3.07. The average molecular weight is 342 g/mol. The van der Waals surface area contributed by atoms with Gasteiger partial charge in [-0.2, -0.15) is 0 Å². The topological polar surface area (TPSA) is 86.9 Å². The average Bonchev–Trinajstić information content (AvgIpc) is 3.21. The van der Waals surface area contributed by atoms with Crippen molar-refractivity contribution in [2.45, 2.75) is 30.3 Å². The first-order chi connectivity index (χ1) is 11.6. The van der Waals surface area contributed by atoms with Crippen molar-refractivity contribution in [1.29, 1.82) is 0 Å². The molecular weight excluding hydrogens is 324 g/mol. The molecule has 3 aromatic rings. The summed E-state index contributed by atoms with van der Waals surface area (Å²) >= 11 is 1.30. The molecule has 3 rings (SSSR count). The van der Waals surface area contributed by atoms with E-state index in [1.165, 1.54) is 11.8 Å². The van der Waals surface area contributed by atoms with Crippen LogP contribution in [0.25, 0.3) is 0 Å². The number of nitrogens with zero attached hydrogens (tertiary/aromatic N) is 3. The van der Waals surface area contributed by atoms with Crippen LogP contribution in [0.15, 0.2) is 58.3 Å². The molecular formula is C17H18N4O2S. The van der Waals surface area contributed by atoms with Gasteiger partial charge in [0.2, 0.25) is 5.91 Å². The predicted molar refractivity (Wildman–Crippen MR) is 91.6 cm³/mol. The Morgan fingerprint density at radius 1 is 1.25 bits per heavy atom. The molecule has 6 nitrogen and oxygen atoms in total. The maximum absolute atomic E-state index is 11.4. The van der Waals surface area contributed by atoms with Gasteiger partial charge in [-0.05, 0) is 24.6 Å². The minimum absolute atomic E-state index is 0.378. The lowest BCUT2D eigenvalue weighted by Gasteiger charge is -2.10. The van der Waals surface area contributed by atoms with Crippen molar-refractivity contribution in [3.63, 3.8) is 0 Å². The first kappa shape index (κ1) is 16.3. The Labute approximate surface area is 144 Å². The molecule has 0 saturated heterocycles. The number of aromatic nitrogens is 3. The lowest BCUT2D eigenvalue weighted by molar-refractivity contribution is -0.117. The Morgan fingerprint density at radius 3 is 2.71 bits per heavy atom. The van der Waals surface area contributed by atoms with Gasteiger partial charge in [0, 0.05) is 6.42 Å². The number of amides is 1. The zero-order valence-electron chi connectivity index (χ0n) is 13.3. The fraction of sp³-hybridized carbons (Fsp3) is 0.235. The number of thioether (sulfide) groups is 1. The molecule has 0 bridgehead atoms. The predicted octanol–water partition coefficient (Wildman–Crippen LogP) is 2.48. The van der Waals surface area contributed by atoms with E-state index < -0.39 is 0 Å². The molecule has 1 amide bonds. The highest BCUT2D eigenvalue weighted by atomic mass is 32.2. The molecule has 2 aromatic heterocycles. The zero-order chi connectivity index (χ0) is 16.9. The monoisotopic (exact) mass is 342 g/mol. The van der Waals surface area contributed by atoms with E-state index in [1.54, 1.807) is 13.2 Å². The number of rotatable bonds is 7. The summed E-state index contributed by atoms with van der Waals surface area (Å²) in [6.07, 6.45) is 2.29. The Kier molecular flexibility index (Phi) is 5.00. The number of hydrogen-bond acceptors (Lipinski definition) is 5. The van der Waals surface area contributed by atoms with E-state index in [2.05, 4.69) is 10.2 Å². The van der Waals surface area contributed by atoms with Crippen LogP contribution in [-0.4, -0.2) is 25.9 Å². The van der Waals surface area contributed by atoms with Crippen LogP contribution in [0.4, 0.5) is 0 Å². The highest BCUT2D eigenvalue weighted by Crippen LogP contribution is 2.24. The van der Waals surface area contributed by atoms with Gasteiger partial charge in [-0.3, -0.25) is 9.36 Å². The molecule has 0 spiro atoms. The van der Waals surface area contributed by atoms with Crippen LogP contribution in [-0.2, 0) is 17.8 Å². The second-order valence-corrected chi connectivity index (χ2v) is 6.70. The number of carbonyl (C=O) groups excluding carboxylic acids is 1. The van der Waals surface area contributed by atoms with Gasteiger partial charge in [0.15, 0.2) is 5.16 Å². The second-order valence-electron chi connectivity index (χ2n) is 5.39. The van der Waals surface area contributed by atoms with Crippen LogP contribution < -0.4 is 5.73 Å². The van der Waals surface area contributed by atoms with Crippen molar-refractivity contribution in [2.75, 3.05) is 0 Å². The van der Waals surface area contributed by atoms with E-state index in [4.69, 9.17) is 10.2 Å². The van der Waals surface area contributed by atoms with Crippen LogP contribution in [0, 0.1) is 0 Å². The quantitative estimate of drug-likeness (QED) is 0.667. The SMILES string of the molecule is CC(Sc1nnc(Cc2ccccc2)n1Cc1ccco1)C(N)=O. The normalized spacial score (nSPS) is 12.2. The molecule has 0 fully saturated rings. The van der Waals surface area contributed by atoms with Crippen molar-refractivity contribution in [2.24, 2.45) is 5.73 Å². The van der Waals surface area contributed by atoms with E-state index in [9.17, 15) is 4.79 Å². The van der Waals surface area contributed by atoms with Crippen molar-refractivity contribution >= 4 is 17.7 Å². The molecule has 7 heteroatoms. The smallest absolute Gasteiger partial charge is 0.230 e. The Balaban J connectivity index is 1.89. The maximum atomic E-state index is 11.4. The second kappa shape index (κ2) is 7.35. The van der Waals surface area contributed by atoms with E-state index in [-0.39, 0.29) is 11.2 Å². The molecule has 24 heavy (non-hydrogen) atoms. The van der Waals surface area contributed by atoms with Crippen molar-refractivity contribution < 1.29 is 9.21 Å².